The first kappa shape index (κ1) is 16.3. The second-order valence-corrected chi connectivity index (χ2v) is 5.66. The quantitative estimate of drug-likeness (QED) is 0.710. The highest BCUT2D eigenvalue weighted by atomic mass is 35.5. The smallest absolute Gasteiger partial charge is 0.238 e. The van der Waals surface area contributed by atoms with Crippen LogP contribution >= 0.6 is 11.6 Å². The van der Waals surface area contributed by atoms with Crippen molar-refractivity contribution in [2.24, 2.45) is 0 Å². The van der Waals surface area contributed by atoms with E-state index >= 15 is 0 Å². The van der Waals surface area contributed by atoms with E-state index in [9.17, 15) is 4.79 Å². The van der Waals surface area contributed by atoms with Crippen molar-refractivity contribution in [2.75, 3.05) is 6.54 Å². The summed E-state index contributed by atoms with van der Waals surface area (Å²) in [6.07, 6.45) is 2.94. The number of halogens is 1. The lowest BCUT2D eigenvalue weighted by Gasteiger charge is -2.04. The van der Waals surface area contributed by atoms with Gasteiger partial charge in [-0.05, 0) is 36.2 Å². The first-order valence-electron chi connectivity index (χ1n) is 7.58. The van der Waals surface area contributed by atoms with Gasteiger partial charge in [0.2, 0.25) is 17.6 Å². The lowest BCUT2D eigenvalue weighted by molar-refractivity contribution is -0.121. The van der Waals surface area contributed by atoms with Crippen LogP contribution < -0.4 is 5.32 Å². The van der Waals surface area contributed by atoms with Crippen molar-refractivity contribution in [3.05, 3.63) is 59.1 Å². The maximum Gasteiger partial charge on any atom is 0.238 e. The molecule has 0 atom stereocenters. The number of nitrogens with one attached hydrogen (secondary N) is 1. The van der Waals surface area contributed by atoms with Crippen LogP contribution in [0.3, 0.4) is 0 Å². The van der Waals surface area contributed by atoms with E-state index in [1.54, 1.807) is 18.4 Å². The predicted octanol–water partition coefficient (Wildman–Crippen LogP) is 3.27. The van der Waals surface area contributed by atoms with Gasteiger partial charge in [-0.1, -0.05) is 28.9 Å². The Kier molecular flexibility index (Phi) is 5.28. The van der Waals surface area contributed by atoms with Crippen molar-refractivity contribution in [3.8, 4) is 11.6 Å². The summed E-state index contributed by atoms with van der Waals surface area (Å²) in [5.41, 5.74) is 1.09. The van der Waals surface area contributed by atoms with E-state index in [4.69, 9.17) is 20.5 Å². The molecule has 0 aliphatic heterocycles. The van der Waals surface area contributed by atoms with Gasteiger partial charge < -0.3 is 14.3 Å². The van der Waals surface area contributed by atoms with Gasteiger partial charge in [-0.2, -0.15) is 4.98 Å². The average molecular weight is 346 g/mol. The van der Waals surface area contributed by atoms with Crippen LogP contribution in [0.4, 0.5) is 0 Å². The lowest BCUT2D eigenvalue weighted by atomic mass is 10.1. The number of hydrogen-bond donors (Lipinski definition) is 1. The summed E-state index contributed by atoms with van der Waals surface area (Å²) in [7, 11) is 0. The number of rotatable bonds is 7. The van der Waals surface area contributed by atoms with Crippen LogP contribution in [0, 0.1) is 0 Å². The van der Waals surface area contributed by atoms with Crippen LogP contribution in [0.25, 0.3) is 11.6 Å². The molecular formula is C17H16ClN3O3. The number of aromatic nitrogens is 2. The molecule has 0 unspecified atom stereocenters. The molecule has 1 aromatic carbocycles. The molecule has 0 fully saturated rings. The summed E-state index contributed by atoms with van der Waals surface area (Å²) < 4.78 is 10.3. The van der Waals surface area contributed by atoms with Crippen molar-refractivity contribution in [2.45, 2.75) is 19.3 Å². The van der Waals surface area contributed by atoms with E-state index in [1.165, 1.54) is 0 Å². The Bertz CT molecular complexity index is 799. The fourth-order valence-corrected chi connectivity index (χ4v) is 2.42. The van der Waals surface area contributed by atoms with E-state index < -0.39 is 0 Å². The van der Waals surface area contributed by atoms with Crippen LogP contribution in [0.15, 0.2) is 51.6 Å². The van der Waals surface area contributed by atoms with Gasteiger partial charge in [-0.3, -0.25) is 4.79 Å². The van der Waals surface area contributed by atoms with Gasteiger partial charge in [-0.15, -0.1) is 0 Å². The summed E-state index contributed by atoms with van der Waals surface area (Å²) >= 11 is 5.93. The van der Waals surface area contributed by atoms with Crippen molar-refractivity contribution in [1.29, 1.82) is 0 Å². The fourth-order valence-electron chi connectivity index (χ4n) is 2.21. The molecule has 0 aliphatic carbocycles. The van der Waals surface area contributed by atoms with E-state index in [0.717, 1.165) is 12.0 Å². The highest BCUT2D eigenvalue weighted by Gasteiger charge is 2.12. The Hall–Kier alpha value is -2.60. The molecule has 0 aliphatic rings. The van der Waals surface area contributed by atoms with Crippen LogP contribution in [0.1, 0.15) is 17.9 Å². The van der Waals surface area contributed by atoms with E-state index in [-0.39, 0.29) is 12.3 Å². The molecule has 1 N–H and O–H groups in total. The third-order valence-electron chi connectivity index (χ3n) is 3.40. The molecule has 0 saturated heterocycles. The Morgan fingerprint density at radius 1 is 1.21 bits per heavy atom. The molecule has 24 heavy (non-hydrogen) atoms. The maximum atomic E-state index is 11.9. The highest BCUT2D eigenvalue weighted by molar-refractivity contribution is 6.30. The zero-order chi connectivity index (χ0) is 16.8. The standard InChI is InChI=1S/C17H16ClN3O3/c18-13-4-1-3-12(11-13)8-9-19-15(22)6-7-16-20-17(21-24-16)14-5-2-10-23-14/h1-5,10-11H,6-9H2,(H,19,22). The Balaban J connectivity index is 1.41. The number of benzene rings is 1. The summed E-state index contributed by atoms with van der Waals surface area (Å²) in [6, 6.07) is 11.1. The Labute approximate surface area is 143 Å². The van der Waals surface area contributed by atoms with Gasteiger partial charge in [0, 0.05) is 24.4 Å². The molecule has 6 nitrogen and oxygen atoms in total. The van der Waals surface area contributed by atoms with Crippen molar-refractivity contribution in [1.82, 2.24) is 15.5 Å². The second kappa shape index (κ2) is 7.79. The van der Waals surface area contributed by atoms with Crippen molar-refractivity contribution < 1.29 is 13.7 Å². The molecule has 0 spiro atoms. The van der Waals surface area contributed by atoms with E-state index in [1.807, 2.05) is 24.3 Å². The summed E-state index contributed by atoms with van der Waals surface area (Å²) in [4.78, 5) is 16.1. The maximum absolute atomic E-state index is 11.9. The molecule has 1 amide bonds. The largest absolute Gasteiger partial charge is 0.461 e. The number of carbonyl (C=O) groups excluding carboxylic acids is 1. The zero-order valence-corrected chi connectivity index (χ0v) is 13.6. The van der Waals surface area contributed by atoms with Crippen molar-refractivity contribution in [3.63, 3.8) is 0 Å². The lowest BCUT2D eigenvalue weighted by Crippen LogP contribution is -2.25. The monoisotopic (exact) mass is 345 g/mol. The van der Waals surface area contributed by atoms with Crippen LogP contribution in [-0.2, 0) is 17.6 Å². The van der Waals surface area contributed by atoms with Gasteiger partial charge in [-0.25, -0.2) is 0 Å². The molecule has 2 aromatic heterocycles. The highest BCUT2D eigenvalue weighted by Crippen LogP contribution is 2.16. The summed E-state index contributed by atoms with van der Waals surface area (Å²) in [5.74, 6) is 1.27. The fraction of sp³-hybridized carbons (Fsp3) is 0.235. The number of furan rings is 1. The predicted molar refractivity (Wildman–Crippen MR) is 88.5 cm³/mol. The molecule has 2 heterocycles. The molecule has 7 heteroatoms. The van der Waals surface area contributed by atoms with Crippen LogP contribution in [0.5, 0.6) is 0 Å². The Morgan fingerprint density at radius 3 is 2.92 bits per heavy atom. The minimum atomic E-state index is -0.0604. The van der Waals surface area contributed by atoms with Crippen LogP contribution in [0.2, 0.25) is 5.02 Å². The molecule has 0 bridgehead atoms. The normalized spacial score (nSPS) is 10.7. The zero-order valence-electron chi connectivity index (χ0n) is 12.9. The van der Waals surface area contributed by atoms with Gasteiger partial charge in [0.15, 0.2) is 5.76 Å². The topological polar surface area (TPSA) is 81.2 Å². The number of hydrogen-bond acceptors (Lipinski definition) is 5. The number of carbonyl (C=O) groups is 1. The molecular weight excluding hydrogens is 330 g/mol. The van der Waals surface area contributed by atoms with E-state index in [0.29, 0.717) is 35.5 Å². The minimum Gasteiger partial charge on any atom is -0.461 e. The van der Waals surface area contributed by atoms with Gasteiger partial charge in [0.25, 0.3) is 0 Å². The first-order valence-corrected chi connectivity index (χ1v) is 7.96. The first-order chi connectivity index (χ1) is 11.7. The molecule has 0 radical (unpaired) electrons. The number of amides is 1. The van der Waals surface area contributed by atoms with Gasteiger partial charge >= 0.3 is 0 Å². The molecule has 124 valence electrons. The van der Waals surface area contributed by atoms with E-state index in [2.05, 4.69) is 15.5 Å². The third-order valence-corrected chi connectivity index (χ3v) is 3.64. The van der Waals surface area contributed by atoms with Gasteiger partial charge in [0.05, 0.1) is 6.26 Å². The van der Waals surface area contributed by atoms with Crippen molar-refractivity contribution >= 4 is 17.5 Å². The molecule has 3 rings (SSSR count). The van der Waals surface area contributed by atoms with Crippen LogP contribution in [-0.4, -0.2) is 22.6 Å². The third kappa shape index (κ3) is 4.45. The molecule has 0 saturated carbocycles. The summed E-state index contributed by atoms with van der Waals surface area (Å²) in [5, 5.41) is 7.38. The second-order valence-electron chi connectivity index (χ2n) is 5.22. The summed E-state index contributed by atoms with van der Waals surface area (Å²) in [6.45, 7) is 0.556. The molecule has 3 aromatic rings. The SMILES string of the molecule is O=C(CCc1nc(-c2ccco2)no1)NCCc1cccc(Cl)c1. The number of aryl methyl sites for hydroxylation is 1. The average Bonchev–Trinajstić information content (AvgIpc) is 3.24. The van der Waals surface area contributed by atoms with Gasteiger partial charge in [0.1, 0.15) is 0 Å². The number of nitrogens with zero attached hydrogens (tertiary/aromatic N) is 2. The minimum absolute atomic E-state index is 0.0604. The Morgan fingerprint density at radius 2 is 2.12 bits per heavy atom.